The van der Waals surface area contributed by atoms with Crippen LogP contribution in [0.5, 0.6) is 0 Å². The molecular formula is C10H13Cl2NS. The number of benzene rings is 1. The zero-order chi connectivity index (χ0) is 10.8. The van der Waals surface area contributed by atoms with E-state index in [1.165, 1.54) is 0 Å². The Morgan fingerprint density at radius 2 is 2.00 bits per heavy atom. The molecular weight excluding hydrogens is 237 g/mol. The topological polar surface area (TPSA) is 26.0 Å². The standard InChI is InChI=1S/C10H13Cl2NS/c1-10(2,6-13)14-9-4-3-7(11)5-8(9)12/h3-5H,6,13H2,1-2H3. The molecule has 14 heavy (non-hydrogen) atoms. The van der Waals surface area contributed by atoms with Gasteiger partial charge in [-0.05, 0) is 32.0 Å². The van der Waals surface area contributed by atoms with E-state index in [9.17, 15) is 0 Å². The van der Waals surface area contributed by atoms with Crippen molar-refractivity contribution in [1.82, 2.24) is 0 Å². The maximum Gasteiger partial charge on any atom is 0.0556 e. The van der Waals surface area contributed by atoms with Gasteiger partial charge < -0.3 is 5.73 Å². The van der Waals surface area contributed by atoms with Crippen LogP contribution in [0.1, 0.15) is 13.8 Å². The lowest BCUT2D eigenvalue weighted by Gasteiger charge is -2.22. The Balaban J connectivity index is 2.87. The van der Waals surface area contributed by atoms with E-state index in [0.717, 1.165) is 4.90 Å². The molecule has 1 rings (SSSR count). The van der Waals surface area contributed by atoms with Crippen LogP contribution in [-0.2, 0) is 0 Å². The van der Waals surface area contributed by atoms with Gasteiger partial charge in [-0.1, -0.05) is 23.2 Å². The Kier molecular flexibility index (Phi) is 4.14. The highest BCUT2D eigenvalue weighted by Gasteiger charge is 2.18. The third kappa shape index (κ3) is 3.35. The first-order valence-corrected chi connectivity index (χ1v) is 5.86. The molecule has 0 heterocycles. The molecule has 0 bridgehead atoms. The van der Waals surface area contributed by atoms with Crippen LogP contribution in [-0.4, -0.2) is 11.3 Å². The van der Waals surface area contributed by atoms with Crippen LogP contribution in [0.4, 0.5) is 0 Å². The van der Waals surface area contributed by atoms with Crippen LogP contribution in [0.2, 0.25) is 10.0 Å². The first-order chi connectivity index (χ1) is 6.44. The van der Waals surface area contributed by atoms with Crippen LogP contribution >= 0.6 is 35.0 Å². The second-order valence-corrected chi connectivity index (χ2v) is 6.23. The molecule has 0 amide bonds. The molecule has 0 aliphatic rings. The molecule has 0 atom stereocenters. The van der Waals surface area contributed by atoms with Gasteiger partial charge in [0.15, 0.2) is 0 Å². The van der Waals surface area contributed by atoms with Crippen molar-refractivity contribution in [3.05, 3.63) is 28.2 Å². The van der Waals surface area contributed by atoms with Crippen molar-refractivity contribution in [1.29, 1.82) is 0 Å². The normalized spacial score (nSPS) is 11.8. The highest BCUT2D eigenvalue weighted by atomic mass is 35.5. The summed E-state index contributed by atoms with van der Waals surface area (Å²) in [5.74, 6) is 0. The second kappa shape index (κ2) is 4.75. The molecule has 4 heteroatoms. The minimum Gasteiger partial charge on any atom is -0.329 e. The van der Waals surface area contributed by atoms with E-state index in [-0.39, 0.29) is 4.75 Å². The second-order valence-electron chi connectivity index (χ2n) is 3.64. The van der Waals surface area contributed by atoms with Crippen LogP contribution < -0.4 is 5.73 Å². The van der Waals surface area contributed by atoms with Crippen molar-refractivity contribution in [2.45, 2.75) is 23.5 Å². The van der Waals surface area contributed by atoms with E-state index in [1.807, 2.05) is 12.1 Å². The van der Waals surface area contributed by atoms with E-state index in [2.05, 4.69) is 13.8 Å². The number of rotatable bonds is 3. The van der Waals surface area contributed by atoms with Gasteiger partial charge in [-0.15, -0.1) is 11.8 Å². The van der Waals surface area contributed by atoms with E-state index in [1.54, 1.807) is 17.8 Å². The van der Waals surface area contributed by atoms with Crippen LogP contribution in [0.3, 0.4) is 0 Å². The Bertz CT molecular complexity index is 326. The molecule has 0 radical (unpaired) electrons. The summed E-state index contributed by atoms with van der Waals surface area (Å²) in [4.78, 5) is 1.02. The van der Waals surface area contributed by atoms with Crippen molar-refractivity contribution in [3.63, 3.8) is 0 Å². The third-order valence-electron chi connectivity index (χ3n) is 1.77. The zero-order valence-corrected chi connectivity index (χ0v) is 10.5. The lowest BCUT2D eigenvalue weighted by Crippen LogP contribution is -2.26. The predicted molar refractivity (Wildman–Crippen MR) is 65.5 cm³/mol. The summed E-state index contributed by atoms with van der Waals surface area (Å²) in [6, 6.07) is 5.51. The highest BCUT2D eigenvalue weighted by molar-refractivity contribution is 8.00. The molecule has 0 aromatic heterocycles. The summed E-state index contributed by atoms with van der Waals surface area (Å²) in [5, 5.41) is 1.34. The van der Waals surface area contributed by atoms with E-state index in [0.29, 0.717) is 16.6 Å². The molecule has 0 saturated heterocycles. The lowest BCUT2D eigenvalue weighted by atomic mass is 10.2. The average Bonchev–Trinajstić information content (AvgIpc) is 2.10. The minimum absolute atomic E-state index is 0.00251. The van der Waals surface area contributed by atoms with Crippen LogP contribution in [0, 0.1) is 0 Å². The Morgan fingerprint density at radius 1 is 1.36 bits per heavy atom. The van der Waals surface area contributed by atoms with Crippen LogP contribution in [0.25, 0.3) is 0 Å². The first kappa shape index (κ1) is 12.2. The molecule has 0 aliphatic heterocycles. The Morgan fingerprint density at radius 3 is 2.50 bits per heavy atom. The van der Waals surface area contributed by atoms with Gasteiger partial charge in [0.1, 0.15) is 0 Å². The molecule has 0 saturated carbocycles. The summed E-state index contributed by atoms with van der Waals surface area (Å²) in [7, 11) is 0. The summed E-state index contributed by atoms with van der Waals surface area (Å²) in [5.41, 5.74) is 5.64. The van der Waals surface area contributed by atoms with Gasteiger partial charge >= 0.3 is 0 Å². The van der Waals surface area contributed by atoms with Crippen molar-refractivity contribution in [2.75, 3.05) is 6.54 Å². The highest BCUT2D eigenvalue weighted by Crippen LogP contribution is 2.37. The van der Waals surface area contributed by atoms with Crippen molar-refractivity contribution >= 4 is 35.0 Å². The largest absolute Gasteiger partial charge is 0.329 e. The number of hydrogen-bond donors (Lipinski definition) is 1. The number of hydrogen-bond acceptors (Lipinski definition) is 2. The number of halogens is 2. The average molecular weight is 250 g/mol. The SMILES string of the molecule is CC(C)(CN)Sc1ccc(Cl)cc1Cl. The maximum atomic E-state index is 6.05. The van der Waals surface area contributed by atoms with Crippen LogP contribution in [0.15, 0.2) is 23.1 Å². The number of thioether (sulfide) groups is 1. The summed E-state index contributed by atoms with van der Waals surface area (Å²) in [6.45, 7) is 4.78. The first-order valence-electron chi connectivity index (χ1n) is 4.29. The molecule has 0 fully saturated rings. The summed E-state index contributed by atoms with van der Waals surface area (Å²) in [6.07, 6.45) is 0. The van der Waals surface area contributed by atoms with Gasteiger partial charge in [-0.3, -0.25) is 0 Å². The molecule has 0 spiro atoms. The predicted octanol–water partition coefficient (Wildman–Crippen LogP) is 3.82. The maximum absolute atomic E-state index is 6.05. The molecule has 0 unspecified atom stereocenters. The lowest BCUT2D eigenvalue weighted by molar-refractivity contribution is 0.723. The quantitative estimate of drug-likeness (QED) is 0.825. The Hall–Kier alpha value is 0.110. The molecule has 0 aliphatic carbocycles. The third-order valence-corrected chi connectivity index (χ3v) is 3.73. The van der Waals surface area contributed by atoms with E-state index < -0.39 is 0 Å². The van der Waals surface area contributed by atoms with E-state index >= 15 is 0 Å². The molecule has 1 nitrogen and oxygen atoms in total. The molecule has 1 aromatic rings. The number of nitrogens with two attached hydrogens (primary N) is 1. The van der Waals surface area contributed by atoms with Crippen molar-refractivity contribution in [3.8, 4) is 0 Å². The Labute approximate surface area is 99.0 Å². The fraction of sp³-hybridized carbons (Fsp3) is 0.400. The monoisotopic (exact) mass is 249 g/mol. The van der Waals surface area contributed by atoms with Gasteiger partial charge in [0, 0.05) is 21.2 Å². The van der Waals surface area contributed by atoms with Crippen molar-refractivity contribution in [2.24, 2.45) is 5.73 Å². The van der Waals surface area contributed by atoms with Gasteiger partial charge in [0.25, 0.3) is 0 Å². The fourth-order valence-electron chi connectivity index (χ4n) is 0.897. The molecule has 78 valence electrons. The van der Waals surface area contributed by atoms with Gasteiger partial charge in [-0.2, -0.15) is 0 Å². The molecule has 2 N–H and O–H groups in total. The molecule has 1 aromatic carbocycles. The minimum atomic E-state index is -0.00251. The van der Waals surface area contributed by atoms with Gasteiger partial charge in [0.05, 0.1) is 5.02 Å². The zero-order valence-electron chi connectivity index (χ0n) is 8.18. The fourth-order valence-corrected chi connectivity index (χ4v) is 2.39. The van der Waals surface area contributed by atoms with E-state index in [4.69, 9.17) is 28.9 Å². The van der Waals surface area contributed by atoms with Gasteiger partial charge in [-0.25, -0.2) is 0 Å². The van der Waals surface area contributed by atoms with Crippen molar-refractivity contribution < 1.29 is 0 Å². The summed E-state index contributed by atoms with van der Waals surface area (Å²) < 4.78 is -0.00251. The summed E-state index contributed by atoms with van der Waals surface area (Å²) >= 11 is 13.5. The van der Waals surface area contributed by atoms with Gasteiger partial charge in [0.2, 0.25) is 0 Å². The smallest absolute Gasteiger partial charge is 0.0556 e.